The molecule has 6 atom stereocenters. The summed E-state index contributed by atoms with van der Waals surface area (Å²) in [6, 6.07) is 18.8. The van der Waals surface area contributed by atoms with E-state index in [1.54, 1.807) is 52.2 Å². The largest absolute Gasteiger partial charge is 0.368 e. The second-order valence-electron chi connectivity index (χ2n) is 15.0. The Labute approximate surface area is 341 Å². The van der Waals surface area contributed by atoms with Gasteiger partial charge in [0.2, 0.25) is 29.5 Å². The van der Waals surface area contributed by atoms with Crippen molar-refractivity contribution in [1.29, 1.82) is 0 Å². The molecule has 0 saturated carbocycles. The summed E-state index contributed by atoms with van der Waals surface area (Å²) in [5.74, 6) is 4.76. The van der Waals surface area contributed by atoms with Crippen LogP contribution in [0.4, 0.5) is 0 Å². The van der Waals surface area contributed by atoms with Crippen LogP contribution in [0.2, 0.25) is 0 Å². The lowest BCUT2D eigenvalue weighted by Gasteiger charge is -2.33. The summed E-state index contributed by atoms with van der Waals surface area (Å²) in [7, 11) is 3.38. The maximum atomic E-state index is 13.7. The molecule has 0 aromatic heterocycles. The van der Waals surface area contributed by atoms with Crippen molar-refractivity contribution in [3.8, 4) is 11.8 Å². The topological polar surface area (TPSA) is 178 Å². The van der Waals surface area contributed by atoms with Crippen LogP contribution >= 0.6 is 0 Å². The highest BCUT2D eigenvalue weighted by molar-refractivity contribution is 5.93. The SMILES string of the molecule is C=C(C(NC(=O)[C@H](C)NC)c1ccc(C#Cc2ccc(C(NC(=O)[C@H](C)NC)C(=O)N3CCC[C@H]3C(N)=O)cc2)cc1)N1CCC[C@H]1C(=O)NCc1ccccc1C. The number of hydrogen-bond acceptors (Lipinski definition) is 8. The first kappa shape index (κ1) is 43.2. The first-order chi connectivity index (χ1) is 27.8. The van der Waals surface area contributed by atoms with Gasteiger partial charge in [0.15, 0.2) is 0 Å². The van der Waals surface area contributed by atoms with Gasteiger partial charge in [-0.1, -0.05) is 67.0 Å². The molecule has 2 unspecified atom stereocenters. The van der Waals surface area contributed by atoms with Crippen molar-refractivity contribution in [2.24, 2.45) is 5.73 Å². The summed E-state index contributed by atoms with van der Waals surface area (Å²) < 4.78 is 0. The second-order valence-corrected chi connectivity index (χ2v) is 15.0. The van der Waals surface area contributed by atoms with E-state index in [2.05, 4.69) is 45.0 Å². The Morgan fingerprint density at radius 2 is 1.24 bits per heavy atom. The molecule has 7 N–H and O–H groups in total. The number of nitrogens with zero attached hydrogens (tertiary/aromatic N) is 2. The minimum absolute atomic E-state index is 0.0761. The van der Waals surface area contributed by atoms with Crippen LogP contribution < -0.4 is 32.3 Å². The van der Waals surface area contributed by atoms with Gasteiger partial charge in [-0.15, -0.1) is 0 Å². The Morgan fingerprint density at radius 3 is 1.78 bits per heavy atom. The minimum Gasteiger partial charge on any atom is -0.368 e. The van der Waals surface area contributed by atoms with E-state index in [0.29, 0.717) is 55.7 Å². The molecule has 306 valence electrons. The summed E-state index contributed by atoms with van der Waals surface area (Å²) in [5, 5.41) is 15.0. The third-order valence-corrected chi connectivity index (χ3v) is 11.1. The van der Waals surface area contributed by atoms with E-state index in [9.17, 15) is 24.0 Å². The summed E-state index contributed by atoms with van der Waals surface area (Å²) >= 11 is 0. The summed E-state index contributed by atoms with van der Waals surface area (Å²) in [4.78, 5) is 68.9. The van der Waals surface area contributed by atoms with Gasteiger partial charge in [0, 0.05) is 36.5 Å². The molecule has 3 aromatic rings. The van der Waals surface area contributed by atoms with E-state index in [1.165, 1.54) is 4.90 Å². The molecule has 5 amide bonds. The van der Waals surface area contributed by atoms with E-state index in [4.69, 9.17) is 5.73 Å². The van der Waals surface area contributed by atoms with E-state index in [0.717, 1.165) is 28.7 Å². The molecule has 2 aliphatic rings. The van der Waals surface area contributed by atoms with Crippen molar-refractivity contribution in [3.05, 3.63) is 118 Å². The van der Waals surface area contributed by atoms with Crippen LogP contribution in [0.3, 0.4) is 0 Å². The number of hydrogen-bond donors (Lipinski definition) is 6. The lowest BCUT2D eigenvalue weighted by atomic mass is 10.00. The molecule has 0 aliphatic carbocycles. The number of nitrogens with one attached hydrogen (secondary N) is 5. The van der Waals surface area contributed by atoms with Gasteiger partial charge in [0.05, 0.1) is 18.1 Å². The summed E-state index contributed by atoms with van der Waals surface area (Å²) in [6.07, 6.45) is 2.63. The first-order valence-electron chi connectivity index (χ1n) is 19.9. The highest BCUT2D eigenvalue weighted by atomic mass is 16.2. The van der Waals surface area contributed by atoms with Crippen molar-refractivity contribution in [2.75, 3.05) is 27.2 Å². The van der Waals surface area contributed by atoms with Gasteiger partial charge in [-0.05, 0) is 107 Å². The zero-order valence-electron chi connectivity index (χ0n) is 34.1. The van der Waals surface area contributed by atoms with Gasteiger partial charge in [0.25, 0.3) is 0 Å². The van der Waals surface area contributed by atoms with Crippen LogP contribution in [0.15, 0.2) is 85.1 Å². The number of rotatable bonds is 15. The third kappa shape index (κ3) is 10.5. The standard InChI is InChI=1S/C45H56N8O5/c1-28-11-7-8-12-36(28)27-49-44(57)38-14-10-25-52(38)31(4)39(50-42(55)29(2)47-5)34-21-17-32(18-22-34)15-16-33-19-23-35(24-20-33)40(51-43(56)30(3)48-6)45(58)53-26-9-13-37(53)41(46)54/h7-8,11-12,17-24,29-30,37-40,47-48H,4,9-10,13-14,25-27H2,1-3,5-6H3,(H2,46,54)(H,49,57)(H,50,55)(H,51,56)/t29-,30-,37-,38-,39?,40?/m0/s1. The first-order valence-corrected chi connectivity index (χ1v) is 19.9. The molecule has 58 heavy (non-hydrogen) atoms. The van der Waals surface area contributed by atoms with Gasteiger partial charge >= 0.3 is 0 Å². The number of aryl methyl sites for hydroxylation is 1. The van der Waals surface area contributed by atoms with Gasteiger partial charge in [-0.25, -0.2) is 0 Å². The van der Waals surface area contributed by atoms with Gasteiger partial charge in [-0.3, -0.25) is 24.0 Å². The number of likely N-dealkylation sites (N-methyl/N-ethyl adjacent to an activating group) is 2. The molecule has 0 spiro atoms. The lowest BCUT2D eigenvalue weighted by Crippen LogP contribution is -2.51. The molecule has 0 radical (unpaired) electrons. The maximum Gasteiger partial charge on any atom is 0.250 e. The van der Waals surface area contributed by atoms with Crippen LogP contribution in [0, 0.1) is 18.8 Å². The van der Waals surface area contributed by atoms with Crippen LogP contribution in [0.25, 0.3) is 0 Å². The van der Waals surface area contributed by atoms with Crippen molar-refractivity contribution in [2.45, 2.75) is 89.3 Å². The van der Waals surface area contributed by atoms with Crippen LogP contribution in [0.1, 0.15) is 85.0 Å². The van der Waals surface area contributed by atoms with Crippen molar-refractivity contribution in [1.82, 2.24) is 36.4 Å². The number of carbonyl (C=O) groups excluding carboxylic acids is 5. The van der Waals surface area contributed by atoms with Gasteiger partial charge < -0.3 is 42.1 Å². The molecule has 2 heterocycles. The molecule has 2 fully saturated rings. The third-order valence-electron chi connectivity index (χ3n) is 11.1. The van der Waals surface area contributed by atoms with E-state index in [1.807, 2.05) is 60.4 Å². The summed E-state index contributed by atoms with van der Waals surface area (Å²) in [6.45, 7) is 11.4. The Kier molecular flexibility index (Phi) is 14.8. The van der Waals surface area contributed by atoms with Gasteiger partial charge in [0.1, 0.15) is 18.1 Å². The van der Waals surface area contributed by atoms with Crippen LogP contribution in [0.5, 0.6) is 0 Å². The van der Waals surface area contributed by atoms with E-state index < -0.39 is 48.1 Å². The number of likely N-dealkylation sites (tertiary alicyclic amines) is 2. The van der Waals surface area contributed by atoms with Crippen LogP contribution in [-0.2, 0) is 30.5 Å². The summed E-state index contributed by atoms with van der Waals surface area (Å²) in [5.41, 5.74) is 11.2. The fraction of sp³-hybridized carbons (Fsp3) is 0.400. The number of nitrogens with two attached hydrogens (primary N) is 1. The highest BCUT2D eigenvalue weighted by Crippen LogP contribution is 2.31. The molecule has 13 nitrogen and oxygen atoms in total. The number of benzene rings is 3. The number of amides is 5. The molecule has 0 bridgehead atoms. The maximum absolute atomic E-state index is 13.7. The Morgan fingerprint density at radius 1 is 0.741 bits per heavy atom. The smallest absolute Gasteiger partial charge is 0.250 e. The lowest BCUT2D eigenvalue weighted by molar-refractivity contribution is -0.141. The molecular weight excluding hydrogens is 733 g/mol. The number of carbonyl (C=O) groups is 5. The minimum atomic E-state index is -1.01. The molecule has 5 rings (SSSR count). The molecular formula is C45H56N8O5. The van der Waals surface area contributed by atoms with E-state index >= 15 is 0 Å². The second kappa shape index (κ2) is 19.9. The average Bonchev–Trinajstić information content (AvgIpc) is 3.94. The fourth-order valence-electron chi connectivity index (χ4n) is 7.26. The predicted molar refractivity (Wildman–Crippen MR) is 223 cm³/mol. The molecule has 2 aliphatic heterocycles. The van der Waals surface area contributed by atoms with Crippen molar-refractivity contribution >= 4 is 29.5 Å². The Balaban J connectivity index is 1.32. The Bertz CT molecular complexity index is 2040. The van der Waals surface area contributed by atoms with E-state index in [-0.39, 0.29) is 17.7 Å². The molecule has 2 saturated heterocycles. The fourth-order valence-corrected chi connectivity index (χ4v) is 7.26. The number of primary amides is 1. The Hall–Kier alpha value is -5.97. The van der Waals surface area contributed by atoms with Gasteiger partial charge in [-0.2, -0.15) is 0 Å². The monoisotopic (exact) mass is 788 g/mol. The van der Waals surface area contributed by atoms with Crippen LogP contribution in [-0.4, -0.2) is 90.7 Å². The zero-order chi connectivity index (χ0) is 41.9. The normalized spacial score (nSPS) is 18.2. The van der Waals surface area contributed by atoms with Crippen molar-refractivity contribution in [3.63, 3.8) is 0 Å². The van der Waals surface area contributed by atoms with Crippen molar-refractivity contribution < 1.29 is 24.0 Å². The molecule has 3 aromatic carbocycles. The quantitative estimate of drug-likeness (QED) is 0.127. The molecule has 13 heteroatoms. The zero-order valence-corrected chi connectivity index (χ0v) is 34.1. The predicted octanol–water partition coefficient (Wildman–Crippen LogP) is 2.70. The average molecular weight is 789 g/mol. The highest BCUT2D eigenvalue weighted by Gasteiger charge is 2.38.